The average molecular weight is 262 g/mol. The molecule has 0 saturated carbocycles. The summed E-state index contributed by atoms with van der Waals surface area (Å²) in [7, 11) is 0. The smallest absolute Gasteiger partial charge is 0.190 e. The molecule has 1 aromatic carbocycles. The van der Waals surface area contributed by atoms with Crippen LogP contribution in [0.25, 0.3) is 0 Å². The Hall–Kier alpha value is -1.15. The van der Waals surface area contributed by atoms with Crippen molar-refractivity contribution in [2.24, 2.45) is 0 Å². The zero-order chi connectivity index (χ0) is 14.1. The van der Waals surface area contributed by atoms with E-state index in [1.54, 1.807) is 0 Å². The fourth-order valence-electron chi connectivity index (χ4n) is 2.19. The maximum absolute atomic E-state index is 11.6. The van der Waals surface area contributed by atoms with Crippen LogP contribution in [0.15, 0.2) is 24.3 Å². The molecule has 19 heavy (non-hydrogen) atoms. The minimum Gasteiger partial charge on any atom is -0.385 e. The maximum Gasteiger partial charge on any atom is 0.190 e. The van der Waals surface area contributed by atoms with Gasteiger partial charge >= 0.3 is 0 Å². The topological polar surface area (TPSA) is 37.3 Å². The molecular weight excluding hydrogens is 236 g/mol. The van der Waals surface area contributed by atoms with Crippen LogP contribution in [0.5, 0.6) is 0 Å². The van der Waals surface area contributed by atoms with Gasteiger partial charge in [0.1, 0.15) is 6.10 Å². The van der Waals surface area contributed by atoms with Crippen molar-refractivity contribution in [3.05, 3.63) is 35.4 Å². The summed E-state index contributed by atoms with van der Waals surface area (Å²) in [5, 5.41) is 9.24. The first-order valence-corrected chi connectivity index (χ1v) is 7.46. The number of ketones is 1. The van der Waals surface area contributed by atoms with Gasteiger partial charge in [-0.25, -0.2) is 0 Å². The molecular formula is C17H26O2. The molecule has 0 bridgehead atoms. The molecule has 1 aromatic rings. The third kappa shape index (κ3) is 6.02. The van der Waals surface area contributed by atoms with Gasteiger partial charge in [0, 0.05) is 5.56 Å². The molecule has 106 valence electrons. The Bertz CT molecular complexity index is 365. The zero-order valence-corrected chi connectivity index (χ0v) is 12.2. The zero-order valence-electron chi connectivity index (χ0n) is 12.2. The molecule has 0 aliphatic rings. The van der Waals surface area contributed by atoms with Gasteiger partial charge in [-0.05, 0) is 25.3 Å². The number of aryl methyl sites for hydroxylation is 1. The summed E-state index contributed by atoms with van der Waals surface area (Å²) in [5.74, 6) is -0.203. The van der Waals surface area contributed by atoms with Crippen LogP contribution in [0.3, 0.4) is 0 Å². The van der Waals surface area contributed by atoms with Crippen molar-refractivity contribution in [2.75, 3.05) is 0 Å². The lowest BCUT2D eigenvalue weighted by Gasteiger charge is -2.05. The highest BCUT2D eigenvalue weighted by Gasteiger charge is 2.11. The first kappa shape index (κ1) is 15.9. The average Bonchev–Trinajstić information content (AvgIpc) is 2.42. The Labute approximate surface area is 116 Å². The van der Waals surface area contributed by atoms with Gasteiger partial charge in [0.05, 0.1) is 0 Å². The lowest BCUT2D eigenvalue weighted by Crippen LogP contribution is -2.15. The SMILES string of the molecule is CCCCCCCCc1ccc(C(=O)C(C)O)cc1. The van der Waals surface area contributed by atoms with E-state index in [-0.39, 0.29) is 5.78 Å². The third-order valence-corrected chi connectivity index (χ3v) is 3.44. The largest absolute Gasteiger partial charge is 0.385 e. The highest BCUT2D eigenvalue weighted by molar-refractivity contribution is 5.99. The Morgan fingerprint density at radius 2 is 1.63 bits per heavy atom. The van der Waals surface area contributed by atoms with Crippen LogP contribution in [0.1, 0.15) is 68.3 Å². The van der Waals surface area contributed by atoms with Gasteiger partial charge in [-0.2, -0.15) is 0 Å². The number of carbonyl (C=O) groups excluding carboxylic acids is 1. The fraction of sp³-hybridized carbons (Fsp3) is 0.588. The summed E-state index contributed by atoms with van der Waals surface area (Å²) in [6.07, 6.45) is 7.97. The summed E-state index contributed by atoms with van der Waals surface area (Å²) >= 11 is 0. The number of Topliss-reactive ketones (excluding diaryl/α,β-unsaturated/α-hetero) is 1. The molecule has 2 heteroatoms. The lowest BCUT2D eigenvalue weighted by atomic mass is 10.0. The third-order valence-electron chi connectivity index (χ3n) is 3.44. The number of rotatable bonds is 9. The maximum atomic E-state index is 11.6. The van der Waals surface area contributed by atoms with Gasteiger partial charge in [0.15, 0.2) is 5.78 Å². The molecule has 0 spiro atoms. The van der Waals surface area contributed by atoms with Gasteiger partial charge < -0.3 is 5.11 Å². The highest BCUT2D eigenvalue weighted by Crippen LogP contribution is 2.12. The predicted molar refractivity (Wildman–Crippen MR) is 79.5 cm³/mol. The van der Waals surface area contributed by atoms with Crippen LogP contribution < -0.4 is 0 Å². The Kier molecular flexibility index (Phi) is 7.42. The number of hydrogen-bond donors (Lipinski definition) is 1. The van der Waals surface area contributed by atoms with Crippen LogP contribution in [-0.2, 0) is 6.42 Å². The van der Waals surface area contributed by atoms with Gasteiger partial charge in [-0.15, -0.1) is 0 Å². The number of benzene rings is 1. The molecule has 0 fully saturated rings. The summed E-state index contributed by atoms with van der Waals surface area (Å²) in [5.41, 5.74) is 1.87. The Morgan fingerprint density at radius 3 is 2.21 bits per heavy atom. The summed E-state index contributed by atoms with van der Waals surface area (Å²) < 4.78 is 0. The molecule has 0 aliphatic heterocycles. The summed E-state index contributed by atoms with van der Waals surface area (Å²) in [4.78, 5) is 11.6. The fourth-order valence-corrected chi connectivity index (χ4v) is 2.19. The van der Waals surface area contributed by atoms with Crippen molar-refractivity contribution in [3.8, 4) is 0 Å². The van der Waals surface area contributed by atoms with E-state index in [2.05, 4.69) is 6.92 Å². The molecule has 1 N–H and O–H groups in total. The number of aliphatic hydroxyl groups excluding tert-OH is 1. The van der Waals surface area contributed by atoms with E-state index in [1.165, 1.54) is 51.0 Å². The minimum absolute atomic E-state index is 0.203. The number of unbranched alkanes of at least 4 members (excludes halogenated alkanes) is 5. The lowest BCUT2D eigenvalue weighted by molar-refractivity contribution is 0.0779. The van der Waals surface area contributed by atoms with Gasteiger partial charge in [0.25, 0.3) is 0 Å². The van der Waals surface area contributed by atoms with Crippen molar-refractivity contribution in [1.29, 1.82) is 0 Å². The molecule has 0 heterocycles. The van der Waals surface area contributed by atoms with Gasteiger partial charge in [-0.1, -0.05) is 63.3 Å². The van der Waals surface area contributed by atoms with Crippen LogP contribution in [-0.4, -0.2) is 17.0 Å². The van der Waals surface area contributed by atoms with Crippen molar-refractivity contribution in [2.45, 2.75) is 64.9 Å². The normalized spacial score (nSPS) is 12.4. The second-order valence-electron chi connectivity index (χ2n) is 5.25. The molecule has 0 radical (unpaired) electrons. The monoisotopic (exact) mass is 262 g/mol. The van der Waals surface area contributed by atoms with E-state index in [4.69, 9.17) is 0 Å². The number of aliphatic hydroxyl groups is 1. The van der Waals surface area contributed by atoms with Crippen molar-refractivity contribution in [1.82, 2.24) is 0 Å². The van der Waals surface area contributed by atoms with Crippen LogP contribution >= 0.6 is 0 Å². The van der Waals surface area contributed by atoms with Crippen molar-refractivity contribution >= 4 is 5.78 Å². The van der Waals surface area contributed by atoms with E-state index in [0.717, 1.165) is 6.42 Å². The first-order valence-electron chi connectivity index (χ1n) is 7.46. The molecule has 0 aromatic heterocycles. The van der Waals surface area contributed by atoms with E-state index >= 15 is 0 Å². The van der Waals surface area contributed by atoms with Crippen LogP contribution in [0.4, 0.5) is 0 Å². The quantitative estimate of drug-likeness (QED) is 0.536. The number of carbonyl (C=O) groups is 1. The van der Waals surface area contributed by atoms with E-state index in [9.17, 15) is 9.90 Å². The highest BCUT2D eigenvalue weighted by atomic mass is 16.3. The second kappa shape index (κ2) is 8.87. The number of hydrogen-bond acceptors (Lipinski definition) is 2. The van der Waals surface area contributed by atoms with E-state index in [0.29, 0.717) is 5.56 Å². The molecule has 0 aliphatic carbocycles. The van der Waals surface area contributed by atoms with Crippen LogP contribution in [0.2, 0.25) is 0 Å². The predicted octanol–water partition coefficient (Wildman–Crippen LogP) is 4.15. The first-order chi connectivity index (χ1) is 9.15. The van der Waals surface area contributed by atoms with Crippen molar-refractivity contribution in [3.63, 3.8) is 0 Å². The molecule has 1 atom stereocenters. The molecule has 2 nitrogen and oxygen atoms in total. The van der Waals surface area contributed by atoms with Gasteiger partial charge in [-0.3, -0.25) is 4.79 Å². The minimum atomic E-state index is -0.913. The Balaban J connectivity index is 2.30. The second-order valence-corrected chi connectivity index (χ2v) is 5.25. The summed E-state index contributed by atoms with van der Waals surface area (Å²) in [6.45, 7) is 3.74. The standard InChI is InChI=1S/C17H26O2/c1-3-4-5-6-7-8-9-15-10-12-16(13-11-15)17(19)14(2)18/h10-14,18H,3-9H2,1-2H3. The van der Waals surface area contributed by atoms with E-state index < -0.39 is 6.10 Å². The van der Waals surface area contributed by atoms with Crippen molar-refractivity contribution < 1.29 is 9.90 Å². The molecule has 1 unspecified atom stereocenters. The molecule has 0 saturated heterocycles. The van der Waals surface area contributed by atoms with Crippen LogP contribution in [0, 0.1) is 0 Å². The molecule has 1 rings (SSSR count). The van der Waals surface area contributed by atoms with E-state index in [1.807, 2.05) is 24.3 Å². The molecule has 0 amide bonds. The Morgan fingerprint density at radius 1 is 1.05 bits per heavy atom. The summed E-state index contributed by atoms with van der Waals surface area (Å²) in [6, 6.07) is 7.65. The van der Waals surface area contributed by atoms with Gasteiger partial charge in [0.2, 0.25) is 0 Å².